The molecule has 98 valence electrons. The van der Waals surface area contributed by atoms with E-state index in [2.05, 4.69) is 41.0 Å². The Labute approximate surface area is 108 Å². The number of nitrogens with one attached hydrogen (secondary N) is 1. The van der Waals surface area contributed by atoms with E-state index in [1.807, 2.05) is 16.9 Å². The van der Waals surface area contributed by atoms with Gasteiger partial charge in [-0.05, 0) is 26.8 Å². The van der Waals surface area contributed by atoms with E-state index in [1.165, 1.54) is 11.3 Å². The third-order valence-electron chi connectivity index (χ3n) is 3.21. The van der Waals surface area contributed by atoms with Gasteiger partial charge in [0.2, 0.25) is 0 Å². The maximum absolute atomic E-state index is 4.52. The van der Waals surface area contributed by atoms with E-state index >= 15 is 0 Å². The summed E-state index contributed by atoms with van der Waals surface area (Å²) in [6.07, 6.45) is 3.78. The zero-order chi connectivity index (χ0) is 13.0. The maximum atomic E-state index is 4.52. The van der Waals surface area contributed by atoms with Gasteiger partial charge in [0.25, 0.3) is 0 Å². The van der Waals surface area contributed by atoms with Crippen LogP contribution in [0, 0.1) is 13.8 Å². The Morgan fingerprint density at radius 1 is 1.33 bits per heavy atom. The molecule has 0 radical (unpaired) electrons. The lowest BCUT2D eigenvalue weighted by molar-refractivity contribution is 0.553. The molecule has 0 saturated heterocycles. The van der Waals surface area contributed by atoms with Gasteiger partial charge in [-0.2, -0.15) is 10.2 Å². The molecule has 0 aromatic carbocycles. The average molecular weight is 247 g/mol. The van der Waals surface area contributed by atoms with Gasteiger partial charge in [0, 0.05) is 43.3 Å². The summed E-state index contributed by atoms with van der Waals surface area (Å²) < 4.78 is 3.99. The van der Waals surface area contributed by atoms with Gasteiger partial charge in [0.1, 0.15) is 0 Å². The zero-order valence-electron chi connectivity index (χ0n) is 11.3. The first-order chi connectivity index (χ1) is 8.72. The quantitative estimate of drug-likeness (QED) is 0.787. The molecule has 5 nitrogen and oxygen atoms in total. The summed E-state index contributed by atoms with van der Waals surface area (Å²) >= 11 is 0. The first kappa shape index (κ1) is 12.8. The smallest absolute Gasteiger partial charge is 0.0641 e. The van der Waals surface area contributed by atoms with E-state index in [0.717, 1.165) is 31.9 Å². The Balaban J connectivity index is 1.85. The van der Waals surface area contributed by atoms with Crippen molar-refractivity contribution >= 4 is 0 Å². The third-order valence-corrected chi connectivity index (χ3v) is 3.21. The lowest BCUT2D eigenvalue weighted by atomic mass is 10.2. The molecule has 0 amide bonds. The minimum Gasteiger partial charge on any atom is -0.311 e. The maximum Gasteiger partial charge on any atom is 0.0641 e. The number of aromatic nitrogens is 4. The average Bonchev–Trinajstić information content (AvgIpc) is 2.96. The summed E-state index contributed by atoms with van der Waals surface area (Å²) in [6, 6.07) is 1.94. The summed E-state index contributed by atoms with van der Waals surface area (Å²) in [5.41, 5.74) is 3.71. The van der Waals surface area contributed by atoms with Crippen molar-refractivity contribution in [2.75, 3.05) is 6.54 Å². The Morgan fingerprint density at radius 2 is 2.17 bits per heavy atom. The second kappa shape index (κ2) is 5.82. The highest BCUT2D eigenvalue weighted by Crippen LogP contribution is 2.12. The molecule has 1 N–H and O–H groups in total. The molecule has 0 fully saturated rings. The summed E-state index contributed by atoms with van der Waals surface area (Å²) in [6.45, 7) is 9.94. The Kier molecular flexibility index (Phi) is 4.15. The molecule has 0 unspecified atom stereocenters. The molecule has 0 aliphatic rings. The molecule has 2 aromatic heterocycles. The fraction of sp³-hybridized carbons (Fsp3) is 0.538. The van der Waals surface area contributed by atoms with Crippen molar-refractivity contribution in [2.24, 2.45) is 0 Å². The molecule has 0 aliphatic carbocycles. The van der Waals surface area contributed by atoms with Crippen LogP contribution < -0.4 is 5.32 Å². The van der Waals surface area contributed by atoms with Crippen molar-refractivity contribution in [3.63, 3.8) is 0 Å². The first-order valence-electron chi connectivity index (χ1n) is 6.43. The molecule has 0 atom stereocenters. The van der Waals surface area contributed by atoms with E-state index in [9.17, 15) is 0 Å². The van der Waals surface area contributed by atoms with Crippen LogP contribution >= 0.6 is 0 Å². The van der Waals surface area contributed by atoms with Crippen LogP contribution in [0.2, 0.25) is 0 Å². The van der Waals surface area contributed by atoms with Crippen molar-refractivity contribution in [1.29, 1.82) is 0 Å². The summed E-state index contributed by atoms with van der Waals surface area (Å²) in [7, 11) is 0. The van der Waals surface area contributed by atoms with Gasteiger partial charge in [-0.25, -0.2) is 0 Å². The highest BCUT2D eigenvalue weighted by Gasteiger charge is 2.09. The van der Waals surface area contributed by atoms with Crippen LogP contribution in [-0.4, -0.2) is 26.1 Å². The number of aryl methyl sites for hydroxylation is 2. The van der Waals surface area contributed by atoms with Gasteiger partial charge in [0.05, 0.1) is 12.2 Å². The molecule has 2 aromatic rings. The van der Waals surface area contributed by atoms with Crippen LogP contribution in [-0.2, 0) is 19.6 Å². The number of rotatable bonds is 6. The monoisotopic (exact) mass is 247 g/mol. The van der Waals surface area contributed by atoms with E-state index in [1.54, 1.807) is 6.20 Å². The highest BCUT2D eigenvalue weighted by molar-refractivity contribution is 5.24. The van der Waals surface area contributed by atoms with Gasteiger partial charge >= 0.3 is 0 Å². The van der Waals surface area contributed by atoms with Gasteiger partial charge < -0.3 is 5.32 Å². The number of hydrogen-bond acceptors (Lipinski definition) is 3. The largest absolute Gasteiger partial charge is 0.311 e. The predicted molar refractivity (Wildman–Crippen MR) is 71.3 cm³/mol. The van der Waals surface area contributed by atoms with Crippen LogP contribution in [0.3, 0.4) is 0 Å². The van der Waals surface area contributed by atoms with Crippen LogP contribution in [0.4, 0.5) is 0 Å². The molecule has 0 bridgehead atoms. The Morgan fingerprint density at radius 3 is 2.78 bits per heavy atom. The van der Waals surface area contributed by atoms with Crippen molar-refractivity contribution in [3.8, 4) is 0 Å². The van der Waals surface area contributed by atoms with Crippen molar-refractivity contribution < 1.29 is 0 Å². The molecule has 18 heavy (non-hydrogen) atoms. The third kappa shape index (κ3) is 2.79. The summed E-state index contributed by atoms with van der Waals surface area (Å²) in [4.78, 5) is 0. The van der Waals surface area contributed by atoms with E-state index in [4.69, 9.17) is 0 Å². The minimum atomic E-state index is 0.874. The molecular formula is C13H21N5. The van der Waals surface area contributed by atoms with E-state index in [-0.39, 0.29) is 0 Å². The summed E-state index contributed by atoms with van der Waals surface area (Å²) in [5.74, 6) is 0. The first-order valence-corrected chi connectivity index (χ1v) is 6.43. The van der Waals surface area contributed by atoms with E-state index < -0.39 is 0 Å². The van der Waals surface area contributed by atoms with Crippen LogP contribution in [0.5, 0.6) is 0 Å². The van der Waals surface area contributed by atoms with Gasteiger partial charge in [0.15, 0.2) is 0 Å². The Bertz CT molecular complexity index is 484. The van der Waals surface area contributed by atoms with E-state index in [0.29, 0.717) is 0 Å². The van der Waals surface area contributed by atoms with Crippen LogP contribution in [0.1, 0.15) is 23.9 Å². The zero-order valence-corrected chi connectivity index (χ0v) is 11.3. The predicted octanol–water partition coefficient (Wildman–Crippen LogP) is 1.51. The SMILES string of the molecule is CCn1nc(C)c(CNCCn2cccn2)c1C. The summed E-state index contributed by atoms with van der Waals surface area (Å²) in [5, 5.41) is 12.1. The highest BCUT2D eigenvalue weighted by atomic mass is 15.3. The molecule has 2 heterocycles. The molecule has 2 rings (SSSR count). The van der Waals surface area contributed by atoms with Crippen LogP contribution in [0.15, 0.2) is 18.5 Å². The fourth-order valence-corrected chi connectivity index (χ4v) is 2.14. The van der Waals surface area contributed by atoms with Crippen molar-refractivity contribution in [1.82, 2.24) is 24.9 Å². The number of hydrogen-bond donors (Lipinski definition) is 1. The van der Waals surface area contributed by atoms with Crippen molar-refractivity contribution in [3.05, 3.63) is 35.4 Å². The fourth-order valence-electron chi connectivity index (χ4n) is 2.14. The Hall–Kier alpha value is -1.62. The van der Waals surface area contributed by atoms with Crippen LogP contribution in [0.25, 0.3) is 0 Å². The molecule has 0 aliphatic heterocycles. The van der Waals surface area contributed by atoms with Gasteiger partial charge in [-0.3, -0.25) is 9.36 Å². The van der Waals surface area contributed by atoms with Gasteiger partial charge in [-0.1, -0.05) is 0 Å². The standard InChI is InChI=1S/C13H21N5/c1-4-18-12(3)13(11(2)16-18)10-14-7-9-17-8-5-6-15-17/h5-6,8,14H,4,7,9-10H2,1-3H3. The topological polar surface area (TPSA) is 47.7 Å². The molecular weight excluding hydrogens is 226 g/mol. The molecule has 0 saturated carbocycles. The second-order valence-corrected chi connectivity index (χ2v) is 4.41. The second-order valence-electron chi connectivity index (χ2n) is 4.41. The molecule has 0 spiro atoms. The number of nitrogens with zero attached hydrogens (tertiary/aromatic N) is 4. The van der Waals surface area contributed by atoms with Gasteiger partial charge in [-0.15, -0.1) is 0 Å². The minimum absolute atomic E-state index is 0.874. The van der Waals surface area contributed by atoms with Crippen molar-refractivity contribution in [2.45, 2.75) is 40.4 Å². The lowest BCUT2D eigenvalue weighted by Gasteiger charge is -2.06. The molecule has 5 heteroatoms. The lowest BCUT2D eigenvalue weighted by Crippen LogP contribution is -2.20. The normalized spacial score (nSPS) is 11.1.